The average Bonchev–Trinajstić information content (AvgIpc) is 2.71. The number of ether oxygens (including phenoxy) is 1. The van der Waals surface area contributed by atoms with Gasteiger partial charge in [0.05, 0.1) is 25.8 Å². The lowest BCUT2D eigenvalue weighted by atomic mass is 10.1. The van der Waals surface area contributed by atoms with E-state index in [1.165, 1.54) is 12.1 Å². The largest absolute Gasteiger partial charge is 0.392 e. The standard InChI is InChI=1S/C22H28FN3O2.HI/c1-3-24-22(25-12-18-6-4-5-7-19(18)15-27)26-13-16(2)28-21(14-26)17-8-10-20(23)11-9-17;/h4-11,16,21,27H,3,12-15H2,1-2H3,(H,24,25);1H. The summed E-state index contributed by atoms with van der Waals surface area (Å²) in [5.41, 5.74) is 2.86. The Bertz CT molecular complexity index is 801. The van der Waals surface area contributed by atoms with Gasteiger partial charge in [0.2, 0.25) is 0 Å². The van der Waals surface area contributed by atoms with Gasteiger partial charge in [0.15, 0.2) is 5.96 Å². The molecule has 1 saturated heterocycles. The first-order valence-corrected chi connectivity index (χ1v) is 9.72. The SMILES string of the molecule is CCNC(=NCc1ccccc1CO)N1CC(C)OC(c2ccc(F)cc2)C1.I. The lowest BCUT2D eigenvalue weighted by Crippen LogP contribution is -2.50. The monoisotopic (exact) mass is 513 g/mol. The number of morpholine rings is 1. The van der Waals surface area contributed by atoms with E-state index in [-0.39, 0.29) is 48.6 Å². The molecule has 1 fully saturated rings. The summed E-state index contributed by atoms with van der Waals surface area (Å²) in [5, 5.41) is 12.9. The Morgan fingerprint density at radius 2 is 1.86 bits per heavy atom. The number of benzene rings is 2. The summed E-state index contributed by atoms with van der Waals surface area (Å²) in [7, 11) is 0. The zero-order valence-corrected chi connectivity index (χ0v) is 19.2. The van der Waals surface area contributed by atoms with Gasteiger partial charge in [-0.15, -0.1) is 24.0 Å². The summed E-state index contributed by atoms with van der Waals surface area (Å²) < 4.78 is 19.4. The van der Waals surface area contributed by atoms with Crippen LogP contribution in [-0.2, 0) is 17.9 Å². The number of aliphatic imine (C=N–C) groups is 1. The fourth-order valence-corrected chi connectivity index (χ4v) is 3.44. The van der Waals surface area contributed by atoms with Gasteiger partial charge in [-0.1, -0.05) is 36.4 Å². The minimum Gasteiger partial charge on any atom is -0.392 e. The summed E-state index contributed by atoms with van der Waals surface area (Å²) in [4.78, 5) is 6.99. The van der Waals surface area contributed by atoms with Gasteiger partial charge >= 0.3 is 0 Å². The van der Waals surface area contributed by atoms with E-state index in [1.807, 2.05) is 38.1 Å². The topological polar surface area (TPSA) is 57.1 Å². The Hall–Kier alpha value is -1.71. The maximum atomic E-state index is 13.3. The van der Waals surface area contributed by atoms with Gasteiger partial charge in [-0.2, -0.15) is 0 Å². The molecule has 2 unspecified atom stereocenters. The van der Waals surface area contributed by atoms with E-state index in [2.05, 4.69) is 10.2 Å². The predicted octanol–water partition coefficient (Wildman–Crippen LogP) is 3.86. The number of nitrogens with zero attached hydrogens (tertiary/aromatic N) is 2. The first kappa shape index (κ1) is 23.6. The predicted molar refractivity (Wildman–Crippen MR) is 124 cm³/mol. The van der Waals surface area contributed by atoms with E-state index < -0.39 is 0 Å². The summed E-state index contributed by atoms with van der Waals surface area (Å²) in [6.45, 7) is 6.70. The molecule has 158 valence electrons. The molecule has 0 saturated carbocycles. The van der Waals surface area contributed by atoms with E-state index in [9.17, 15) is 9.50 Å². The Labute approximate surface area is 189 Å². The molecule has 0 aliphatic carbocycles. The Kier molecular flexibility index (Phi) is 9.32. The van der Waals surface area contributed by atoms with Crippen molar-refractivity contribution in [2.24, 2.45) is 4.99 Å². The van der Waals surface area contributed by atoms with Crippen LogP contribution in [0.1, 0.15) is 36.6 Å². The molecule has 3 rings (SSSR count). The van der Waals surface area contributed by atoms with Crippen molar-refractivity contribution in [1.82, 2.24) is 10.2 Å². The van der Waals surface area contributed by atoms with Crippen molar-refractivity contribution < 1.29 is 14.2 Å². The minimum atomic E-state index is -0.248. The number of halogens is 2. The van der Waals surface area contributed by atoms with Crippen molar-refractivity contribution >= 4 is 29.9 Å². The van der Waals surface area contributed by atoms with Crippen molar-refractivity contribution in [3.63, 3.8) is 0 Å². The maximum absolute atomic E-state index is 13.3. The van der Waals surface area contributed by atoms with Crippen LogP contribution in [-0.4, -0.2) is 41.7 Å². The molecule has 0 radical (unpaired) electrons. The van der Waals surface area contributed by atoms with Crippen LogP contribution < -0.4 is 5.32 Å². The molecular weight excluding hydrogens is 484 g/mol. The van der Waals surface area contributed by atoms with E-state index in [1.54, 1.807) is 12.1 Å². The molecule has 2 N–H and O–H groups in total. The van der Waals surface area contributed by atoms with Gasteiger partial charge in [-0.05, 0) is 42.7 Å². The number of aliphatic hydroxyl groups excluding tert-OH is 1. The van der Waals surface area contributed by atoms with Crippen LogP contribution in [0.15, 0.2) is 53.5 Å². The highest BCUT2D eigenvalue weighted by molar-refractivity contribution is 14.0. The van der Waals surface area contributed by atoms with Crippen molar-refractivity contribution in [2.45, 2.75) is 39.2 Å². The molecular formula is C22H29FIN3O2. The molecule has 1 aliphatic rings. The first-order chi connectivity index (χ1) is 13.6. The second-order valence-electron chi connectivity index (χ2n) is 6.99. The third-order valence-corrected chi connectivity index (χ3v) is 4.82. The summed E-state index contributed by atoms with van der Waals surface area (Å²) >= 11 is 0. The van der Waals surface area contributed by atoms with Crippen LogP contribution in [0.25, 0.3) is 0 Å². The minimum absolute atomic E-state index is 0. The Balaban J connectivity index is 0.00000300. The van der Waals surface area contributed by atoms with Crippen LogP contribution in [0.4, 0.5) is 4.39 Å². The first-order valence-electron chi connectivity index (χ1n) is 9.72. The average molecular weight is 513 g/mol. The molecule has 0 amide bonds. The van der Waals surface area contributed by atoms with Gasteiger partial charge in [-0.3, -0.25) is 0 Å². The number of hydrogen-bond acceptors (Lipinski definition) is 3. The number of nitrogens with one attached hydrogen (secondary N) is 1. The van der Waals surface area contributed by atoms with Gasteiger partial charge in [0.25, 0.3) is 0 Å². The molecule has 2 aromatic rings. The lowest BCUT2D eigenvalue weighted by molar-refractivity contribution is -0.0605. The van der Waals surface area contributed by atoms with Crippen LogP contribution >= 0.6 is 24.0 Å². The molecule has 1 aliphatic heterocycles. The third kappa shape index (κ3) is 6.38. The van der Waals surface area contributed by atoms with E-state index in [4.69, 9.17) is 9.73 Å². The Morgan fingerprint density at radius 3 is 2.52 bits per heavy atom. The fraction of sp³-hybridized carbons (Fsp3) is 0.409. The second kappa shape index (κ2) is 11.5. The molecule has 5 nitrogen and oxygen atoms in total. The number of aliphatic hydroxyl groups is 1. The fourth-order valence-electron chi connectivity index (χ4n) is 3.44. The molecule has 0 bridgehead atoms. The van der Waals surface area contributed by atoms with Crippen molar-refractivity contribution in [2.75, 3.05) is 19.6 Å². The van der Waals surface area contributed by atoms with E-state index in [0.29, 0.717) is 13.1 Å². The molecule has 0 aromatic heterocycles. The van der Waals surface area contributed by atoms with Crippen LogP contribution in [0.3, 0.4) is 0 Å². The van der Waals surface area contributed by atoms with Crippen molar-refractivity contribution in [1.29, 1.82) is 0 Å². The third-order valence-electron chi connectivity index (χ3n) is 4.82. The quantitative estimate of drug-likeness (QED) is 0.362. The highest BCUT2D eigenvalue weighted by Crippen LogP contribution is 2.25. The van der Waals surface area contributed by atoms with Gasteiger partial charge in [-0.25, -0.2) is 9.38 Å². The highest BCUT2D eigenvalue weighted by Gasteiger charge is 2.28. The molecule has 29 heavy (non-hydrogen) atoms. The Morgan fingerprint density at radius 1 is 1.17 bits per heavy atom. The summed E-state index contributed by atoms with van der Waals surface area (Å²) in [6.07, 6.45) is -0.115. The van der Waals surface area contributed by atoms with Crippen molar-refractivity contribution in [3.05, 3.63) is 71.0 Å². The van der Waals surface area contributed by atoms with Crippen LogP contribution in [0.2, 0.25) is 0 Å². The van der Waals surface area contributed by atoms with Gasteiger partial charge in [0, 0.05) is 13.1 Å². The van der Waals surface area contributed by atoms with Crippen molar-refractivity contribution in [3.8, 4) is 0 Å². The number of rotatable bonds is 5. The zero-order chi connectivity index (χ0) is 19.9. The number of guanidine groups is 1. The van der Waals surface area contributed by atoms with E-state index in [0.717, 1.165) is 35.7 Å². The summed E-state index contributed by atoms with van der Waals surface area (Å²) in [6, 6.07) is 14.3. The molecule has 0 spiro atoms. The molecule has 2 aromatic carbocycles. The summed E-state index contributed by atoms with van der Waals surface area (Å²) in [5.74, 6) is 0.569. The number of hydrogen-bond donors (Lipinski definition) is 2. The van der Waals surface area contributed by atoms with E-state index >= 15 is 0 Å². The van der Waals surface area contributed by atoms with Crippen LogP contribution in [0, 0.1) is 5.82 Å². The molecule has 7 heteroatoms. The lowest BCUT2D eigenvalue weighted by Gasteiger charge is -2.38. The highest BCUT2D eigenvalue weighted by atomic mass is 127. The normalized spacial score (nSPS) is 19.6. The molecule has 2 atom stereocenters. The smallest absolute Gasteiger partial charge is 0.194 e. The zero-order valence-electron chi connectivity index (χ0n) is 16.8. The van der Waals surface area contributed by atoms with Gasteiger partial charge in [0.1, 0.15) is 11.9 Å². The second-order valence-corrected chi connectivity index (χ2v) is 6.99. The maximum Gasteiger partial charge on any atom is 0.194 e. The van der Waals surface area contributed by atoms with Gasteiger partial charge < -0.3 is 20.1 Å². The molecule has 1 heterocycles. The van der Waals surface area contributed by atoms with Crippen LogP contribution in [0.5, 0.6) is 0 Å².